The largest absolute Gasteiger partial charge is 0.396 e. The van der Waals surface area contributed by atoms with Gasteiger partial charge in [0.15, 0.2) is 0 Å². The lowest BCUT2D eigenvalue weighted by Crippen LogP contribution is -2.27. The standard InChI is InChI=1S/C10H18N4O/c1-10(2,7-15)6-12-8-4-3-5-9(13-8)14-11/h3-5,15H,6-7,11H2,1-2H3,(H2,12,13,14). The topological polar surface area (TPSA) is 83.2 Å². The third-order valence-corrected chi connectivity index (χ3v) is 2.07. The van der Waals surface area contributed by atoms with Gasteiger partial charge in [0, 0.05) is 18.6 Å². The molecule has 0 radical (unpaired) electrons. The van der Waals surface area contributed by atoms with E-state index in [-0.39, 0.29) is 12.0 Å². The van der Waals surface area contributed by atoms with E-state index in [1.54, 1.807) is 6.07 Å². The van der Waals surface area contributed by atoms with Crippen molar-refractivity contribution in [1.29, 1.82) is 0 Å². The summed E-state index contributed by atoms with van der Waals surface area (Å²) in [4.78, 5) is 4.20. The molecule has 0 aromatic carbocycles. The molecule has 0 fully saturated rings. The molecule has 0 bridgehead atoms. The summed E-state index contributed by atoms with van der Waals surface area (Å²) in [5.74, 6) is 6.60. The fraction of sp³-hybridized carbons (Fsp3) is 0.500. The van der Waals surface area contributed by atoms with Crippen molar-refractivity contribution >= 4 is 11.6 Å². The number of pyridine rings is 1. The second-order valence-corrected chi connectivity index (χ2v) is 4.23. The smallest absolute Gasteiger partial charge is 0.142 e. The molecule has 5 heteroatoms. The molecule has 1 aromatic heterocycles. The SMILES string of the molecule is CC(C)(CO)CNc1cccc(NN)n1. The molecule has 0 unspecified atom stereocenters. The molecule has 5 N–H and O–H groups in total. The highest BCUT2D eigenvalue weighted by atomic mass is 16.3. The predicted octanol–water partition coefficient (Wildman–Crippen LogP) is 0.798. The van der Waals surface area contributed by atoms with E-state index < -0.39 is 0 Å². The predicted molar refractivity (Wildman–Crippen MR) is 61.4 cm³/mol. The van der Waals surface area contributed by atoms with Crippen LogP contribution in [0.15, 0.2) is 18.2 Å². The highest BCUT2D eigenvalue weighted by Gasteiger charge is 2.15. The lowest BCUT2D eigenvalue weighted by molar-refractivity contribution is 0.170. The van der Waals surface area contributed by atoms with Crippen LogP contribution in [-0.4, -0.2) is 23.2 Å². The first kappa shape index (κ1) is 11.7. The van der Waals surface area contributed by atoms with Gasteiger partial charge in [-0.05, 0) is 12.1 Å². The van der Waals surface area contributed by atoms with Gasteiger partial charge in [0.2, 0.25) is 0 Å². The molecule has 1 heterocycles. The van der Waals surface area contributed by atoms with Gasteiger partial charge in [-0.1, -0.05) is 19.9 Å². The van der Waals surface area contributed by atoms with Crippen molar-refractivity contribution in [2.45, 2.75) is 13.8 Å². The third kappa shape index (κ3) is 3.73. The van der Waals surface area contributed by atoms with E-state index in [4.69, 9.17) is 10.9 Å². The van der Waals surface area contributed by atoms with E-state index in [1.807, 2.05) is 26.0 Å². The van der Waals surface area contributed by atoms with Gasteiger partial charge >= 0.3 is 0 Å². The number of rotatable bonds is 5. The first-order chi connectivity index (χ1) is 7.07. The number of nitrogens with one attached hydrogen (secondary N) is 2. The normalized spacial score (nSPS) is 11.2. The summed E-state index contributed by atoms with van der Waals surface area (Å²) in [5, 5.41) is 12.2. The molecule has 0 aliphatic rings. The zero-order valence-electron chi connectivity index (χ0n) is 9.12. The summed E-state index contributed by atoms with van der Waals surface area (Å²) in [5.41, 5.74) is 2.32. The molecule has 0 saturated carbocycles. The average Bonchev–Trinajstić information content (AvgIpc) is 2.27. The van der Waals surface area contributed by atoms with Gasteiger partial charge in [0.1, 0.15) is 11.6 Å². The number of nitrogens with two attached hydrogens (primary N) is 1. The fourth-order valence-electron chi connectivity index (χ4n) is 0.999. The van der Waals surface area contributed by atoms with Gasteiger partial charge in [0.25, 0.3) is 0 Å². The first-order valence-corrected chi connectivity index (χ1v) is 4.86. The van der Waals surface area contributed by atoms with Gasteiger partial charge in [-0.15, -0.1) is 0 Å². The maximum atomic E-state index is 9.08. The highest BCUT2D eigenvalue weighted by Crippen LogP contribution is 2.15. The number of anilines is 2. The van der Waals surface area contributed by atoms with Crippen molar-refractivity contribution < 1.29 is 5.11 Å². The maximum Gasteiger partial charge on any atom is 0.142 e. The van der Waals surface area contributed by atoms with Crippen LogP contribution >= 0.6 is 0 Å². The summed E-state index contributed by atoms with van der Waals surface area (Å²) in [6.07, 6.45) is 0. The van der Waals surface area contributed by atoms with E-state index in [2.05, 4.69) is 15.7 Å². The van der Waals surface area contributed by atoms with Gasteiger partial charge in [-0.25, -0.2) is 10.8 Å². The highest BCUT2D eigenvalue weighted by molar-refractivity contribution is 5.44. The van der Waals surface area contributed by atoms with Gasteiger partial charge in [-0.3, -0.25) is 0 Å². The average molecular weight is 210 g/mol. The molecule has 1 rings (SSSR count). The van der Waals surface area contributed by atoms with Gasteiger partial charge in [0.05, 0.1) is 0 Å². The Morgan fingerprint density at radius 1 is 1.40 bits per heavy atom. The van der Waals surface area contributed by atoms with Gasteiger partial charge < -0.3 is 15.8 Å². The number of aliphatic hydroxyl groups is 1. The van der Waals surface area contributed by atoms with Crippen molar-refractivity contribution in [3.63, 3.8) is 0 Å². The Kier molecular flexibility index (Phi) is 3.88. The third-order valence-electron chi connectivity index (χ3n) is 2.07. The number of aliphatic hydroxyl groups excluding tert-OH is 1. The number of hydrogen-bond acceptors (Lipinski definition) is 5. The van der Waals surface area contributed by atoms with Crippen molar-refractivity contribution in [3.8, 4) is 0 Å². The first-order valence-electron chi connectivity index (χ1n) is 4.86. The van der Waals surface area contributed by atoms with Crippen LogP contribution in [0.1, 0.15) is 13.8 Å². The van der Waals surface area contributed by atoms with E-state index in [0.29, 0.717) is 12.4 Å². The van der Waals surface area contributed by atoms with Crippen LogP contribution in [0.3, 0.4) is 0 Å². The molecular weight excluding hydrogens is 192 g/mol. The van der Waals surface area contributed by atoms with E-state index in [0.717, 1.165) is 5.82 Å². The van der Waals surface area contributed by atoms with Crippen molar-refractivity contribution in [2.75, 3.05) is 23.9 Å². The molecule has 15 heavy (non-hydrogen) atoms. The van der Waals surface area contributed by atoms with Crippen LogP contribution in [0.5, 0.6) is 0 Å². The second kappa shape index (κ2) is 4.95. The Morgan fingerprint density at radius 3 is 2.67 bits per heavy atom. The molecule has 0 spiro atoms. The minimum absolute atomic E-state index is 0.134. The summed E-state index contributed by atoms with van der Waals surface area (Å²) in [7, 11) is 0. The Hall–Kier alpha value is -1.33. The van der Waals surface area contributed by atoms with E-state index in [9.17, 15) is 0 Å². The monoisotopic (exact) mass is 210 g/mol. The number of nitrogens with zero attached hydrogens (tertiary/aromatic N) is 1. The van der Waals surface area contributed by atoms with Crippen LogP contribution in [0.25, 0.3) is 0 Å². The molecule has 0 aliphatic heterocycles. The Bertz CT molecular complexity index is 314. The summed E-state index contributed by atoms with van der Waals surface area (Å²) in [6, 6.07) is 5.49. The van der Waals surface area contributed by atoms with Gasteiger partial charge in [-0.2, -0.15) is 0 Å². The Labute approximate surface area is 89.7 Å². The molecule has 0 atom stereocenters. The molecular formula is C10H18N4O. The lowest BCUT2D eigenvalue weighted by atomic mass is 9.95. The number of hydrogen-bond donors (Lipinski definition) is 4. The Morgan fingerprint density at radius 2 is 2.07 bits per heavy atom. The summed E-state index contributed by atoms with van der Waals surface area (Å²) < 4.78 is 0. The van der Waals surface area contributed by atoms with Crippen molar-refractivity contribution in [2.24, 2.45) is 11.3 Å². The zero-order valence-corrected chi connectivity index (χ0v) is 9.12. The second-order valence-electron chi connectivity index (χ2n) is 4.23. The van der Waals surface area contributed by atoms with Crippen LogP contribution < -0.4 is 16.6 Å². The molecule has 0 saturated heterocycles. The maximum absolute atomic E-state index is 9.08. The quantitative estimate of drug-likeness (QED) is 0.427. The number of hydrazine groups is 1. The number of aromatic nitrogens is 1. The summed E-state index contributed by atoms with van der Waals surface area (Å²) in [6.45, 7) is 4.75. The molecule has 1 aromatic rings. The van der Waals surface area contributed by atoms with Crippen LogP contribution in [0, 0.1) is 5.41 Å². The number of nitrogen functional groups attached to an aromatic ring is 1. The van der Waals surface area contributed by atoms with Crippen molar-refractivity contribution in [3.05, 3.63) is 18.2 Å². The Balaban J connectivity index is 2.57. The molecule has 0 amide bonds. The zero-order chi connectivity index (χ0) is 11.3. The lowest BCUT2D eigenvalue weighted by Gasteiger charge is -2.22. The van der Waals surface area contributed by atoms with Crippen LogP contribution in [-0.2, 0) is 0 Å². The van der Waals surface area contributed by atoms with Crippen molar-refractivity contribution in [1.82, 2.24) is 4.98 Å². The minimum Gasteiger partial charge on any atom is -0.396 e. The van der Waals surface area contributed by atoms with Crippen LogP contribution in [0.4, 0.5) is 11.6 Å². The van der Waals surface area contributed by atoms with E-state index in [1.165, 1.54) is 0 Å². The molecule has 5 nitrogen and oxygen atoms in total. The van der Waals surface area contributed by atoms with Crippen LogP contribution in [0.2, 0.25) is 0 Å². The fourth-order valence-corrected chi connectivity index (χ4v) is 0.999. The summed E-state index contributed by atoms with van der Waals surface area (Å²) >= 11 is 0. The van der Waals surface area contributed by atoms with E-state index >= 15 is 0 Å². The molecule has 84 valence electrons. The minimum atomic E-state index is -0.159. The molecule has 0 aliphatic carbocycles.